The molecule has 0 radical (unpaired) electrons. The quantitative estimate of drug-likeness (QED) is 0.391. The first kappa shape index (κ1) is 24.5. The van der Waals surface area contributed by atoms with Crippen molar-refractivity contribution in [2.24, 2.45) is 0 Å². The molecule has 0 aliphatic carbocycles. The molecule has 182 valence electrons. The molecule has 0 aromatic heterocycles. The Hall–Kier alpha value is -4.14. The fourth-order valence-electron chi connectivity index (χ4n) is 3.43. The third-order valence-electron chi connectivity index (χ3n) is 5.10. The van der Waals surface area contributed by atoms with Gasteiger partial charge < -0.3 is 43.8 Å². The van der Waals surface area contributed by atoms with E-state index in [1.165, 1.54) is 0 Å². The summed E-state index contributed by atoms with van der Waals surface area (Å²) in [6.07, 6.45) is 0. The van der Waals surface area contributed by atoms with E-state index in [1.54, 1.807) is 55.8 Å². The van der Waals surface area contributed by atoms with Crippen LogP contribution >= 0.6 is 0 Å². The van der Waals surface area contributed by atoms with Crippen LogP contribution in [0.3, 0.4) is 0 Å². The molecule has 3 rings (SSSR count). The summed E-state index contributed by atoms with van der Waals surface area (Å²) in [5.41, 5.74) is 2.92. The highest BCUT2D eigenvalue weighted by Gasteiger charge is 2.17. The summed E-state index contributed by atoms with van der Waals surface area (Å²) in [4.78, 5) is 0. The number of hydrogen-bond acceptors (Lipinski definition) is 9. The molecule has 0 spiro atoms. The van der Waals surface area contributed by atoms with Crippen molar-refractivity contribution >= 4 is 22.7 Å². The van der Waals surface area contributed by atoms with Gasteiger partial charge in [-0.1, -0.05) is 0 Å². The molecule has 0 bridgehead atoms. The fraction of sp³-hybridized carbons (Fsp3) is 0.280. The van der Waals surface area contributed by atoms with E-state index in [9.17, 15) is 0 Å². The number of nitrogens with one attached hydrogen (secondary N) is 2. The Morgan fingerprint density at radius 3 is 1.18 bits per heavy atom. The first-order valence-corrected chi connectivity index (χ1v) is 10.3. The summed E-state index contributed by atoms with van der Waals surface area (Å²) in [5, 5.41) is 6.80. The Morgan fingerprint density at radius 2 is 0.824 bits per heavy atom. The standard InChI is InChI=1S/C25H30N2O7/c1-28-17-8-15(9-18(12-17)29-2)26-19-13-21(30-3)22(31-4)14-20(19)27-16-10-23(32-5)25(34-7)24(11-16)33-6/h8-14,26-27H,1-7H3. The second kappa shape index (κ2) is 11.1. The van der Waals surface area contributed by atoms with Gasteiger partial charge >= 0.3 is 0 Å². The Labute approximate surface area is 199 Å². The molecule has 0 atom stereocenters. The highest BCUT2D eigenvalue weighted by molar-refractivity contribution is 5.83. The average Bonchev–Trinajstić information content (AvgIpc) is 2.88. The predicted molar refractivity (Wildman–Crippen MR) is 132 cm³/mol. The molecular weight excluding hydrogens is 440 g/mol. The van der Waals surface area contributed by atoms with E-state index in [0.29, 0.717) is 51.6 Å². The van der Waals surface area contributed by atoms with Crippen LogP contribution in [0.5, 0.6) is 40.2 Å². The van der Waals surface area contributed by atoms with Crippen molar-refractivity contribution in [3.63, 3.8) is 0 Å². The normalized spacial score (nSPS) is 10.2. The molecule has 0 aliphatic heterocycles. The molecule has 0 aliphatic rings. The van der Waals surface area contributed by atoms with E-state index >= 15 is 0 Å². The summed E-state index contributed by atoms with van der Waals surface area (Å²) < 4.78 is 38.2. The van der Waals surface area contributed by atoms with Crippen LogP contribution in [0, 0.1) is 0 Å². The second-order valence-electron chi connectivity index (χ2n) is 7.02. The highest BCUT2D eigenvalue weighted by Crippen LogP contribution is 2.43. The van der Waals surface area contributed by atoms with Crippen LogP contribution in [0.1, 0.15) is 0 Å². The summed E-state index contributed by atoms with van der Waals surface area (Å²) in [7, 11) is 11.1. The van der Waals surface area contributed by atoms with Crippen LogP contribution in [-0.2, 0) is 0 Å². The van der Waals surface area contributed by atoms with Crippen LogP contribution in [0.2, 0.25) is 0 Å². The monoisotopic (exact) mass is 470 g/mol. The van der Waals surface area contributed by atoms with Gasteiger partial charge in [0.1, 0.15) is 11.5 Å². The number of benzene rings is 3. The maximum atomic E-state index is 5.52. The van der Waals surface area contributed by atoms with Gasteiger partial charge in [0.2, 0.25) is 5.75 Å². The third-order valence-corrected chi connectivity index (χ3v) is 5.10. The summed E-state index contributed by atoms with van der Waals surface area (Å²) in [5.74, 6) is 3.99. The van der Waals surface area contributed by atoms with Crippen LogP contribution in [-0.4, -0.2) is 49.8 Å². The minimum absolute atomic E-state index is 0.504. The van der Waals surface area contributed by atoms with Crippen molar-refractivity contribution in [1.29, 1.82) is 0 Å². The Bertz CT molecular complexity index is 1090. The Morgan fingerprint density at radius 1 is 0.412 bits per heavy atom. The van der Waals surface area contributed by atoms with E-state index in [-0.39, 0.29) is 0 Å². The van der Waals surface area contributed by atoms with E-state index < -0.39 is 0 Å². The molecule has 0 heterocycles. The zero-order chi connectivity index (χ0) is 24.7. The van der Waals surface area contributed by atoms with Crippen molar-refractivity contribution < 1.29 is 33.2 Å². The minimum atomic E-state index is 0.504. The van der Waals surface area contributed by atoms with Crippen LogP contribution in [0.15, 0.2) is 42.5 Å². The zero-order valence-electron chi connectivity index (χ0n) is 20.4. The summed E-state index contributed by atoms with van der Waals surface area (Å²) in [6.45, 7) is 0. The van der Waals surface area contributed by atoms with Crippen molar-refractivity contribution in [3.8, 4) is 40.2 Å². The lowest BCUT2D eigenvalue weighted by atomic mass is 10.2. The molecule has 3 aromatic carbocycles. The molecule has 9 nitrogen and oxygen atoms in total. The van der Waals surface area contributed by atoms with Crippen molar-refractivity contribution in [1.82, 2.24) is 0 Å². The number of methoxy groups -OCH3 is 7. The minimum Gasteiger partial charge on any atom is -0.497 e. The van der Waals surface area contributed by atoms with Gasteiger partial charge in [-0.25, -0.2) is 0 Å². The lowest BCUT2D eigenvalue weighted by Crippen LogP contribution is -2.02. The van der Waals surface area contributed by atoms with Gasteiger partial charge in [-0.15, -0.1) is 0 Å². The Kier molecular flexibility index (Phi) is 8.02. The molecule has 0 saturated carbocycles. The molecule has 0 unspecified atom stereocenters. The molecule has 34 heavy (non-hydrogen) atoms. The van der Waals surface area contributed by atoms with E-state index in [1.807, 2.05) is 36.4 Å². The van der Waals surface area contributed by atoms with E-state index in [2.05, 4.69) is 10.6 Å². The first-order valence-electron chi connectivity index (χ1n) is 10.3. The van der Waals surface area contributed by atoms with Gasteiger partial charge in [0.05, 0.1) is 61.1 Å². The summed E-state index contributed by atoms with van der Waals surface area (Å²) >= 11 is 0. The lowest BCUT2D eigenvalue weighted by Gasteiger charge is -2.20. The van der Waals surface area contributed by atoms with Gasteiger partial charge in [-0.3, -0.25) is 0 Å². The molecule has 0 saturated heterocycles. The summed E-state index contributed by atoms with van der Waals surface area (Å²) in [6, 6.07) is 12.8. The van der Waals surface area contributed by atoms with Crippen molar-refractivity contribution in [2.75, 3.05) is 60.4 Å². The van der Waals surface area contributed by atoms with Crippen LogP contribution in [0.4, 0.5) is 22.7 Å². The smallest absolute Gasteiger partial charge is 0.203 e. The maximum absolute atomic E-state index is 5.52. The third kappa shape index (κ3) is 5.25. The second-order valence-corrected chi connectivity index (χ2v) is 7.02. The van der Waals surface area contributed by atoms with Crippen LogP contribution < -0.4 is 43.8 Å². The van der Waals surface area contributed by atoms with E-state index in [4.69, 9.17) is 33.2 Å². The molecule has 3 aromatic rings. The van der Waals surface area contributed by atoms with Crippen LogP contribution in [0.25, 0.3) is 0 Å². The predicted octanol–water partition coefficient (Wildman–Crippen LogP) is 5.23. The van der Waals surface area contributed by atoms with Gasteiger partial charge in [0, 0.05) is 53.8 Å². The van der Waals surface area contributed by atoms with Crippen molar-refractivity contribution in [3.05, 3.63) is 42.5 Å². The number of anilines is 4. The van der Waals surface area contributed by atoms with Crippen molar-refractivity contribution in [2.45, 2.75) is 0 Å². The largest absolute Gasteiger partial charge is 0.497 e. The highest BCUT2D eigenvalue weighted by atomic mass is 16.5. The van der Waals surface area contributed by atoms with Gasteiger partial charge in [0.25, 0.3) is 0 Å². The maximum Gasteiger partial charge on any atom is 0.203 e. The molecule has 2 N–H and O–H groups in total. The number of rotatable bonds is 11. The SMILES string of the molecule is COc1cc(Nc2cc(OC)c(OC)cc2Nc2cc(OC)c(OC)c(OC)c2)cc(OC)c1. The lowest BCUT2D eigenvalue weighted by molar-refractivity contribution is 0.324. The fourth-order valence-corrected chi connectivity index (χ4v) is 3.43. The molecular formula is C25H30N2O7. The van der Waals surface area contributed by atoms with Gasteiger partial charge in [-0.2, -0.15) is 0 Å². The zero-order valence-corrected chi connectivity index (χ0v) is 20.4. The molecule has 9 heteroatoms. The topological polar surface area (TPSA) is 88.7 Å². The number of ether oxygens (including phenoxy) is 7. The van der Waals surface area contributed by atoms with Gasteiger partial charge in [0.15, 0.2) is 23.0 Å². The molecule has 0 amide bonds. The average molecular weight is 471 g/mol. The number of hydrogen-bond donors (Lipinski definition) is 2. The van der Waals surface area contributed by atoms with E-state index in [0.717, 1.165) is 11.4 Å². The first-order chi connectivity index (χ1) is 16.5. The molecule has 0 fully saturated rings. The van der Waals surface area contributed by atoms with Gasteiger partial charge in [-0.05, 0) is 0 Å². The Balaban J connectivity index is 2.09.